The Bertz CT molecular complexity index is 882. The Hall–Kier alpha value is -2.19. The van der Waals surface area contributed by atoms with Crippen LogP contribution < -0.4 is 0 Å². The van der Waals surface area contributed by atoms with Crippen molar-refractivity contribution in [2.45, 2.75) is 13.8 Å². The number of hydrogen-bond acceptors (Lipinski definition) is 4. The molecule has 1 fully saturated rings. The van der Waals surface area contributed by atoms with Crippen molar-refractivity contribution < 1.29 is 13.2 Å². The lowest BCUT2D eigenvalue weighted by atomic mass is 10.1. The smallest absolute Gasteiger partial charge is 0.257 e. The van der Waals surface area contributed by atoms with E-state index in [2.05, 4.69) is 5.10 Å². The summed E-state index contributed by atoms with van der Waals surface area (Å²) in [6.07, 6.45) is 1.20. The molecule has 0 spiro atoms. The van der Waals surface area contributed by atoms with E-state index in [9.17, 15) is 13.2 Å². The molecule has 0 saturated carbocycles. The first-order valence-corrected chi connectivity index (χ1v) is 10.00. The van der Waals surface area contributed by atoms with E-state index in [1.165, 1.54) is 10.6 Å². The van der Waals surface area contributed by atoms with Gasteiger partial charge >= 0.3 is 0 Å². The maximum Gasteiger partial charge on any atom is 0.257 e. The second kappa shape index (κ2) is 6.61. The number of amides is 1. The number of sulfonamides is 1. The van der Waals surface area contributed by atoms with Crippen LogP contribution >= 0.6 is 0 Å². The molecule has 1 aliphatic rings. The molecule has 0 radical (unpaired) electrons. The molecule has 1 saturated heterocycles. The predicted molar refractivity (Wildman–Crippen MR) is 95.4 cm³/mol. The molecule has 8 heteroatoms. The van der Waals surface area contributed by atoms with Crippen molar-refractivity contribution in [1.82, 2.24) is 19.0 Å². The minimum absolute atomic E-state index is 0.0923. The summed E-state index contributed by atoms with van der Waals surface area (Å²) in [6.45, 7) is 5.15. The normalized spacial score (nSPS) is 16.2. The van der Waals surface area contributed by atoms with Crippen molar-refractivity contribution in [1.29, 1.82) is 0 Å². The Morgan fingerprint density at radius 3 is 2.20 bits per heavy atom. The van der Waals surface area contributed by atoms with Gasteiger partial charge < -0.3 is 4.90 Å². The van der Waals surface area contributed by atoms with Crippen LogP contribution in [0, 0.1) is 13.8 Å². The molecule has 3 rings (SSSR count). The number of piperazine rings is 1. The Labute approximate surface area is 147 Å². The molecule has 0 aliphatic carbocycles. The summed E-state index contributed by atoms with van der Waals surface area (Å²) in [7, 11) is -3.21. The number of carbonyl (C=O) groups is 1. The lowest BCUT2D eigenvalue weighted by molar-refractivity contribution is 0.0696. The Kier molecular flexibility index (Phi) is 4.66. The van der Waals surface area contributed by atoms with Crippen molar-refractivity contribution in [3.8, 4) is 5.69 Å². The fraction of sp³-hybridized carbons (Fsp3) is 0.412. The molecule has 2 aromatic rings. The molecule has 0 unspecified atom stereocenters. The van der Waals surface area contributed by atoms with Gasteiger partial charge in [-0.15, -0.1) is 0 Å². The molecule has 25 heavy (non-hydrogen) atoms. The van der Waals surface area contributed by atoms with E-state index in [1.54, 1.807) is 9.58 Å². The maximum atomic E-state index is 12.9. The zero-order valence-electron chi connectivity index (χ0n) is 14.6. The number of benzene rings is 1. The average Bonchev–Trinajstić information content (AvgIpc) is 2.89. The molecule has 1 aromatic carbocycles. The summed E-state index contributed by atoms with van der Waals surface area (Å²) in [6, 6.07) is 9.68. The highest BCUT2D eigenvalue weighted by atomic mass is 32.2. The van der Waals surface area contributed by atoms with Crippen LogP contribution in [0.3, 0.4) is 0 Å². The van der Waals surface area contributed by atoms with Gasteiger partial charge in [-0.3, -0.25) is 4.79 Å². The number of rotatable bonds is 3. The third kappa shape index (κ3) is 3.45. The molecule has 1 amide bonds. The van der Waals surface area contributed by atoms with Crippen LogP contribution in [0.1, 0.15) is 21.7 Å². The van der Waals surface area contributed by atoms with Gasteiger partial charge in [-0.25, -0.2) is 13.1 Å². The van der Waals surface area contributed by atoms with Gasteiger partial charge in [0.25, 0.3) is 5.91 Å². The monoisotopic (exact) mass is 362 g/mol. The Morgan fingerprint density at radius 2 is 1.64 bits per heavy atom. The second-order valence-electron chi connectivity index (χ2n) is 6.25. The topological polar surface area (TPSA) is 75.5 Å². The third-order valence-electron chi connectivity index (χ3n) is 4.50. The van der Waals surface area contributed by atoms with Gasteiger partial charge in [-0.1, -0.05) is 18.2 Å². The van der Waals surface area contributed by atoms with Gasteiger partial charge in [0.05, 0.1) is 28.9 Å². The van der Waals surface area contributed by atoms with Crippen LogP contribution in [-0.2, 0) is 10.0 Å². The molecule has 134 valence electrons. The van der Waals surface area contributed by atoms with E-state index in [0.29, 0.717) is 37.4 Å². The Balaban J connectivity index is 1.83. The van der Waals surface area contributed by atoms with Crippen LogP contribution in [0.25, 0.3) is 5.69 Å². The first-order valence-electron chi connectivity index (χ1n) is 8.15. The van der Waals surface area contributed by atoms with Crippen LogP contribution in [0.2, 0.25) is 0 Å². The van der Waals surface area contributed by atoms with Crippen molar-refractivity contribution in [2.75, 3.05) is 32.4 Å². The minimum Gasteiger partial charge on any atom is -0.336 e. The first kappa shape index (κ1) is 17.6. The van der Waals surface area contributed by atoms with E-state index in [4.69, 9.17) is 0 Å². The number of aryl methyl sites for hydroxylation is 1. The van der Waals surface area contributed by atoms with E-state index < -0.39 is 10.0 Å². The molecule has 2 heterocycles. The van der Waals surface area contributed by atoms with Crippen molar-refractivity contribution in [3.63, 3.8) is 0 Å². The maximum absolute atomic E-state index is 12.9. The molecule has 0 atom stereocenters. The molecule has 0 N–H and O–H groups in total. The van der Waals surface area contributed by atoms with Crippen LogP contribution in [0.5, 0.6) is 0 Å². The first-order chi connectivity index (χ1) is 11.8. The van der Waals surface area contributed by atoms with Crippen molar-refractivity contribution >= 4 is 15.9 Å². The average molecular weight is 362 g/mol. The third-order valence-corrected chi connectivity index (χ3v) is 5.80. The summed E-state index contributed by atoms with van der Waals surface area (Å²) in [5, 5.41) is 4.51. The van der Waals surface area contributed by atoms with Gasteiger partial charge in [0.2, 0.25) is 10.0 Å². The number of para-hydroxylation sites is 1. The summed E-state index contributed by atoms with van der Waals surface area (Å²) < 4.78 is 26.4. The summed E-state index contributed by atoms with van der Waals surface area (Å²) >= 11 is 0. The highest BCUT2D eigenvalue weighted by Gasteiger charge is 2.29. The molecule has 0 bridgehead atoms. The minimum atomic E-state index is -3.21. The zero-order chi connectivity index (χ0) is 18.2. The van der Waals surface area contributed by atoms with Gasteiger partial charge in [0.15, 0.2) is 0 Å². The van der Waals surface area contributed by atoms with Crippen LogP contribution in [-0.4, -0.2) is 65.7 Å². The summed E-state index contributed by atoms with van der Waals surface area (Å²) in [5.74, 6) is -0.0923. The summed E-state index contributed by atoms with van der Waals surface area (Å²) in [4.78, 5) is 14.6. The van der Waals surface area contributed by atoms with Gasteiger partial charge in [-0.05, 0) is 26.0 Å². The summed E-state index contributed by atoms with van der Waals surface area (Å²) in [5.41, 5.74) is 2.97. The lowest BCUT2D eigenvalue weighted by Gasteiger charge is -2.33. The van der Waals surface area contributed by atoms with E-state index >= 15 is 0 Å². The fourth-order valence-corrected chi connectivity index (χ4v) is 3.98. The van der Waals surface area contributed by atoms with E-state index in [1.807, 2.05) is 44.2 Å². The number of hydrogen-bond donors (Lipinski definition) is 0. The largest absolute Gasteiger partial charge is 0.336 e. The molecule has 7 nitrogen and oxygen atoms in total. The quantitative estimate of drug-likeness (QED) is 0.822. The van der Waals surface area contributed by atoms with Crippen molar-refractivity contribution in [2.24, 2.45) is 0 Å². The van der Waals surface area contributed by atoms with Gasteiger partial charge in [0.1, 0.15) is 0 Å². The van der Waals surface area contributed by atoms with Crippen LogP contribution in [0.4, 0.5) is 0 Å². The van der Waals surface area contributed by atoms with E-state index in [0.717, 1.165) is 11.4 Å². The van der Waals surface area contributed by atoms with Crippen molar-refractivity contribution in [3.05, 3.63) is 47.3 Å². The predicted octanol–water partition coefficient (Wildman–Crippen LogP) is 1.21. The molecule has 1 aromatic heterocycles. The standard InChI is InChI=1S/C17H22N4O3S/c1-13-16(14(2)21(18-13)15-7-5-4-6-8-15)17(22)19-9-11-20(12-10-19)25(3,23)24/h4-8H,9-12H2,1-3H3. The van der Waals surface area contributed by atoms with E-state index in [-0.39, 0.29) is 5.91 Å². The number of nitrogens with zero attached hydrogens (tertiary/aromatic N) is 4. The molecule has 1 aliphatic heterocycles. The highest BCUT2D eigenvalue weighted by molar-refractivity contribution is 7.88. The second-order valence-corrected chi connectivity index (χ2v) is 8.23. The lowest BCUT2D eigenvalue weighted by Crippen LogP contribution is -2.50. The molecular weight excluding hydrogens is 340 g/mol. The fourth-order valence-electron chi connectivity index (χ4n) is 3.15. The van der Waals surface area contributed by atoms with Crippen LogP contribution in [0.15, 0.2) is 30.3 Å². The van der Waals surface area contributed by atoms with Gasteiger partial charge in [-0.2, -0.15) is 9.40 Å². The SMILES string of the molecule is Cc1nn(-c2ccccc2)c(C)c1C(=O)N1CCN(S(C)(=O)=O)CC1. The highest BCUT2D eigenvalue weighted by Crippen LogP contribution is 2.20. The number of aromatic nitrogens is 2. The van der Waals surface area contributed by atoms with Gasteiger partial charge in [0, 0.05) is 26.2 Å². The number of carbonyl (C=O) groups excluding carboxylic acids is 1. The Morgan fingerprint density at radius 1 is 1.04 bits per heavy atom. The zero-order valence-corrected chi connectivity index (χ0v) is 15.5. The molecular formula is C17H22N4O3S.